The molecule has 152 valence electrons. The van der Waals surface area contributed by atoms with E-state index < -0.39 is 35.1 Å². The molecule has 1 heterocycles. The molecule has 3 rings (SSSR count). The number of nitrogens with two attached hydrogens (primary N) is 1. The highest BCUT2D eigenvalue weighted by molar-refractivity contribution is 6.42. The number of carbonyl (C=O) groups is 2. The van der Waals surface area contributed by atoms with Crippen LogP contribution in [0, 0.1) is 18.6 Å². The van der Waals surface area contributed by atoms with Crippen molar-refractivity contribution in [2.24, 2.45) is 5.73 Å². The fourth-order valence-electron chi connectivity index (χ4n) is 3.50. The summed E-state index contributed by atoms with van der Waals surface area (Å²) in [5.74, 6) is -6.02. The van der Waals surface area contributed by atoms with Crippen molar-refractivity contribution < 1.29 is 23.5 Å². The summed E-state index contributed by atoms with van der Waals surface area (Å²) in [7, 11) is 0. The number of nitrogens with zero attached hydrogens (tertiary/aromatic N) is 1. The molecule has 1 aromatic heterocycles. The topological polar surface area (TPSA) is 85.3 Å². The summed E-state index contributed by atoms with van der Waals surface area (Å²) in [5, 5.41) is 9.88. The quantitative estimate of drug-likeness (QED) is 0.604. The maximum absolute atomic E-state index is 14.9. The molecule has 0 radical (unpaired) electrons. The summed E-state index contributed by atoms with van der Waals surface area (Å²) in [4.78, 5) is 25.1. The van der Waals surface area contributed by atoms with Gasteiger partial charge in [-0.15, -0.1) is 0 Å². The van der Waals surface area contributed by atoms with E-state index in [4.69, 9.17) is 28.9 Å². The molecule has 1 amide bonds. The van der Waals surface area contributed by atoms with Crippen molar-refractivity contribution >= 4 is 45.9 Å². The Morgan fingerprint density at radius 2 is 1.86 bits per heavy atom. The number of amides is 1. The molecule has 0 aliphatic carbocycles. The maximum Gasteiger partial charge on any atom is 0.262 e. The molecule has 5 nitrogen and oxygen atoms in total. The van der Waals surface area contributed by atoms with Gasteiger partial charge < -0.3 is 10.8 Å². The third-order valence-electron chi connectivity index (χ3n) is 4.88. The fourth-order valence-corrected chi connectivity index (χ4v) is 3.80. The largest absolute Gasteiger partial charge is 0.503 e. The van der Waals surface area contributed by atoms with Crippen molar-refractivity contribution in [3.63, 3.8) is 0 Å². The molecule has 0 spiro atoms. The van der Waals surface area contributed by atoms with Gasteiger partial charge in [0, 0.05) is 22.7 Å². The van der Waals surface area contributed by atoms with Gasteiger partial charge in [0.15, 0.2) is 17.4 Å². The van der Waals surface area contributed by atoms with E-state index in [1.807, 2.05) is 0 Å². The Kier molecular flexibility index (Phi) is 5.56. The van der Waals surface area contributed by atoms with Crippen LogP contribution in [0.25, 0.3) is 10.9 Å². The van der Waals surface area contributed by atoms with Crippen LogP contribution in [0.5, 0.6) is 5.75 Å². The minimum Gasteiger partial charge on any atom is -0.503 e. The van der Waals surface area contributed by atoms with Gasteiger partial charge in [0.2, 0.25) is 5.91 Å². The van der Waals surface area contributed by atoms with Gasteiger partial charge in [-0.05, 0) is 37.1 Å². The molecule has 3 aromatic rings. The van der Waals surface area contributed by atoms with Gasteiger partial charge in [-0.25, -0.2) is 8.78 Å². The van der Waals surface area contributed by atoms with Crippen LogP contribution >= 0.6 is 23.2 Å². The Balaban J connectivity index is 2.41. The molecule has 2 aromatic carbocycles. The van der Waals surface area contributed by atoms with Gasteiger partial charge in [-0.1, -0.05) is 30.1 Å². The number of benzene rings is 2. The van der Waals surface area contributed by atoms with Crippen molar-refractivity contribution in [2.75, 3.05) is 0 Å². The highest BCUT2D eigenvalue weighted by Gasteiger charge is 2.31. The lowest BCUT2D eigenvalue weighted by atomic mass is 9.93. The first kappa shape index (κ1) is 21.1. The molecule has 0 aliphatic rings. The zero-order chi connectivity index (χ0) is 21.6. The number of fused-ring (bicyclic) bond motifs is 1. The Labute approximate surface area is 174 Å². The normalized spacial score (nSPS) is 12.3. The number of primary amides is 1. The minimum atomic E-state index is -1.27. The van der Waals surface area contributed by atoms with E-state index in [1.54, 1.807) is 6.92 Å². The Hall–Kier alpha value is -2.64. The van der Waals surface area contributed by atoms with Crippen LogP contribution in [0.15, 0.2) is 24.3 Å². The molecule has 0 fully saturated rings. The number of carbonyl (C=O) groups excluding carboxylic acids is 2. The van der Waals surface area contributed by atoms with Gasteiger partial charge in [0.1, 0.15) is 0 Å². The van der Waals surface area contributed by atoms with E-state index in [1.165, 1.54) is 25.1 Å². The molecule has 0 saturated carbocycles. The number of aromatic nitrogens is 1. The fraction of sp³-hybridized carbons (Fsp3) is 0.200. The third kappa shape index (κ3) is 3.34. The summed E-state index contributed by atoms with van der Waals surface area (Å²) in [5.41, 5.74) is 5.77. The van der Waals surface area contributed by atoms with Crippen LogP contribution in [0.3, 0.4) is 0 Å². The summed E-state index contributed by atoms with van der Waals surface area (Å²) >= 11 is 11.9. The molecular weight excluding hydrogens is 425 g/mol. The van der Waals surface area contributed by atoms with E-state index in [2.05, 4.69) is 0 Å². The van der Waals surface area contributed by atoms with Crippen LogP contribution in [-0.4, -0.2) is 21.5 Å². The predicted molar refractivity (Wildman–Crippen MR) is 107 cm³/mol. The average Bonchev–Trinajstić information content (AvgIpc) is 2.94. The van der Waals surface area contributed by atoms with Gasteiger partial charge >= 0.3 is 0 Å². The van der Waals surface area contributed by atoms with E-state index in [0.717, 1.165) is 10.6 Å². The van der Waals surface area contributed by atoms with E-state index >= 15 is 0 Å². The number of halogens is 4. The standard InChI is InChI=1S/C20H16Cl2F2N2O3/c1-3-10(19(25)28)15-8(2)26(14-7-13(23)18(27)17(24)16(14)15)20(29)9-4-5-11(21)12(22)6-9/h4-7,10,27H,3H2,1-2H3,(H2,25,28). The highest BCUT2D eigenvalue weighted by Crippen LogP contribution is 2.39. The molecule has 1 atom stereocenters. The first-order valence-corrected chi connectivity index (χ1v) is 9.36. The van der Waals surface area contributed by atoms with Crippen molar-refractivity contribution in [3.05, 3.63) is 62.8 Å². The summed E-state index contributed by atoms with van der Waals surface area (Å²) in [6.07, 6.45) is 0.216. The first-order chi connectivity index (χ1) is 13.6. The van der Waals surface area contributed by atoms with E-state index in [9.17, 15) is 23.5 Å². The Morgan fingerprint density at radius 1 is 1.21 bits per heavy atom. The van der Waals surface area contributed by atoms with Crippen LogP contribution in [0.2, 0.25) is 10.0 Å². The van der Waals surface area contributed by atoms with Crippen LogP contribution in [0.1, 0.15) is 40.9 Å². The van der Waals surface area contributed by atoms with Crippen molar-refractivity contribution in [1.82, 2.24) is 4.57 Å². The molecule has 9 heteroatoms. The zero-order valence-corrected chi connectivity index (χ0v) is 16.9. The zero-order valence-electron chi connectivity index (χ0n) is 15.4. The number of phenols is 1. The van der Waals surface area contributed by atoms with Gasteiger partial charge in [-0.2, -0.15) is 0 Å². The van der Waals surface area contributed by atoms with Gasteiger partial charge in [0.25, 0.3) is 5.91 Å². The Bertz CT molecular complexity index is 1170. The SMILES string of the molecule is CCC(C(N)=O)c1c(C)n(C(=O)c2ccc(Cl)c(Cl)c2)c2cc(F)c(O)c(F)c12. The Morgan fingerprint density at radius 3 is 2.41 bits per heavy atom. The van der Waals surface area contributed by atoms with Crippen molar-refractivity contribution in [3.8, 4) is 5.75 Å². The summed E-state index contributed by atoms with van der Waals surface area (Å²) in [6, 6.07) is 5.01. The lowest BCUT2D eigenvalue weighted by Gasteiger charge is -2.13. The second-order valence-corrected chi connectivity index (χ2v) is 7.36. The number of phenolic OH excluding ortho intramolecular Hbond substituents is 1. The second-order valence-electron chi connectivity index (χ2n) is 6.55. The molecular formula is C20H16Cl2F2N2O3. The summed E-state index contributed by atoms with van der Waals surface area (Å²) in [6.45, 7) is 3.16. The highest BCUT2D eigenvalue weighted by atomic mass is 35.5. The van der Waals surface area contributed by atoms with E-state index in [0.29, 0.717) is 0 Å². The maximum atomic E-state index is 14.9. The number of aromatic hydroxyl groups is 1. The van der Waals surface area contributed by atoms with E-state index in [-0.39, 0.29) is 44.2 Å². The lowest BCUT2D eigenvalue weighted by Crippen LogP contribution is -2.22. The van der Waals surface area contributed by atoms with Crippen molar-refractivity contribution in [2.45, 2.75) is 26.2 Å². The second kappa shape index (κ2) is 7.65. The third-order valence-corrected chi connectivity index (χ3v) is 5.62. The van der Waals surface area contributed by atoms with Crippen LogP contribution in [0.4, 0.5) is 8.78 Å². The molecule has 0 bridgehead atoms. The van der Waals surface area contributed by atoms with Gasteiger partial charge in [-0.3, -0.25) is 14.2 Å². The number of hydrogen-bond donors (Lipinski definition) is 2. The van der Waals surface area contributed by atoms with Crippen LogP contribution < -0.4 is 5.73 Å². The molecule has 29 heavy (non-hydrogen) atoms. The van der Waals surface area contributed by atoms with Crippen LogP contribution in [-0.2, 0) is 4.79 Å². The predicted octanol–water partition coefficient (Wildman–Crippen LogP) is 4.91. The molecule has 3 N–H and O–H groups in total. The average molecular weight is 441 g/mol. The summed E-state index contributed by atoms with van der Waals surface area (Å²) < 4.78 is 30.0. The molecule has 0 aliphatic heterocycles. The minimum absolute atomic E-state index is 0.118. The number of rotatable bonds is 4. The van der Waals surface area contributed by atoms with Crippen molar-refractivity contribution in [1.29, 1.82) is 0 Å². The smallest absolute Gasteiger partial charge is 0.262 e. The van der Waals surface area contributed by atoms with Gasteiger partial charge in [0.05, 0.1) is 21.5 Å². The first-order valence-electron chi connectivity index (χ1n) is 8.61. The lowest BCUT2D eigenvalue weighted by molar-refractivity contribution is -0.119. The monoisotopic (exact) mass is 440 g/mol. The molecule has 1 unspecified atom stereocenters. The molecule has 0 saturated heterocycles. The number of hydrogen-bond acceptors (Lipinski definition) is 3.